The van der Waals surface area contributed by atoms with Gasteiger partial charge in [-0.1, -0.05) is 42.5 Å². The van der Waals surface area contributed by atoms with Crippen LogP contribution in [0, 0.1) is 13.8 Å². The van der Waals surface area contributed by atoms with Gasteiger partial charge >= 0.3 is 5.97 Å². The van der Waals surface area contributed by atoms with Gasteiger partial charge < -0.3 is 23.7 Å². The first-order valence-electron chi connectivity index (χ1n) is 11.0. The van der Waals surface area contributed by atoms with E-state index in [1.807, 2.05) is 80.6 Å². The standard InChI is InChI=1S/C28H30O6/c1-20-16-26(33-15-14-32-23-11-6-5-7-12-23)21(2)27(17-20)34-18-22-10-8-9-13-24(22)25(19-30-3)28(29)31-4/h5-13,16-17,19H,14-15,18H2,1-4H3/b25-19-. The molecule has 34 heavy (non-hydrogen) atoms. The zero-order valence-corrected chi connectivity index (χ0v) is 20.0. The average Bonchev–Trinajstić information content (AvgIpc) is 2.86. The van der Waals surface area contributed by atoms with Crippen molar-refractivity contribution in [2.24, 2.45) is 0 Å². The molecule has 0 spiro atoms. The van der Waals surface area contributed by atoms with Crippen LogP contribution in [0.5, 0.6) is 17.2 Å². The van der Waals surface area contributed by atoms with Gasteiger partial charge in [0.25, 0.3) is 0 Å². The monoisotopic (exact) mass is 462 g/mol. The zero-order chi connectivity index (χ0) is 24.3. The Morgan fingerprint density at radius 2 is 1.47 bits per heavy atom. The summed E-state index contributed by atoms with van der Waals surface area (Å²) in [5.74, 6) is 1.79. The Morgan fingerprint density at radius 3 is 2.18 bits per heavy atom. The third-order valence-corrected chi connectivity index (χ3v) is 5.14. The predicted octanol–water partition coefficient (Wildman–Crippen LogP) is 5.50. The molecule has 0 saturated heterocycles. The van der Waals surface area contributed by atoms with Crippen LogP contribution in [0.15, 0.2) is 73.0 Å². The Hall–Kier alpha value is -3.93. The number of para-hydroxylation sites is 1. The van der Waals surface area contributed by atoms with Gasteiger partial charge in [0.2, 0.25) is 0 Å². The first kappa shape index (κ1) is 24.7. The molecule has 0 atom stereocenters. The van der Waals surface area contributed by atoms with E-state index in [1.165, 1.54) is 20.5 Å². The maximum absolute atomic E-state index is 12.2. The molecule has 178 valence electrons. The van der Waals surface area contributed by atoms with Crippen LogP contribution in [0.4, 0.5) is 0 Å². The second-order valence-corrected chi connectivity index (χ2v) is 7.60. The number of aryl methyl sites for hydroxylation is 1. The fourth-order valence-electron chi connectivity index (χ4n) is 3.43. The van der Waals surface area contributed by atoms with Crippen molar-refractivity contribution in [2.75, 3.05) is 27.4 Å². The number of carbonyl (C=O) groups excluding carboxylic acids is 1. The van der Waals surface area contributed by atoms with E-state index in [1.54, 1.807) is 0 Å². The number of ether oxygens (including phenoxy) is 5. The quantitative estimate of drug-likeness (QED) is 0.162. The summed E-state index contributed by atoms with van der Waals surface area (Å²) in [5, 5.41) is 0. The lowest BCUT2D eigenvalue weighted by Crippen LogP contribution is -2.10. The van der Waals surface area contributed by atoms with Gasteiger partial charge in [-0.2, -0.15) is 0 Å². The third kappa shape index (κ3) is 6.54. The van der Waals surface area contributed by atoms with Gasteiger partial charge in [0, 0.05) is 5.56 Å². The largest absolute Gasteiger partial charge is 0.503 e. The molecule has 0 unspecified atom stereocenters. The summed E-state index contributed by atoms with van der Waals surface area (Å²) in [6.45, 7) is 5.05. The molecule has 0 radical (unpaired) electrons. The van der Waals surface area contributed by atoms with E-state index in [2.05, 4.69) is 0 Å². The lowest BCUT2D eigenvalue weighted by atomic mass is 10.0. The molecule has 0 fully saturated rings. The summed E-state index contributed by atoms with van der Waals surface area (Å²) in [4.78, 5) is 12.2. The minimum absolute atomic E-state index is 0.259. The zero-order valence-electron chi connectivity index (χ0n) is 20.0. The summed E-state index contributed by atoms with van der Waals surface area (Å²) in [5.41, 5.74) is 3.75. The number of esters is 1. The Morgan fingerprint density at radius 1 is 0.824 bits per heavy atom. The molecule has 0 aliphatic heterocycles. The van der Waals surface area contributed by atoms with Crippen LogP contribution in [0.3, 0.4) is 0 Å². The van der Waals surface area contributed by atoms with Gasteiger partial charge in [0.1, 0.15) is 42.6 Å². The van der Waals surface area contributed by atoms with Crippen LogP contribution in [0.25, 0.3) is 5.57 Å². The fraction of sp³-hybridized carbons (Fsp3) is 0.250. The van der Waals surface area contributed by atoms with Crippen LogP contribution >= 0.6 is 0 Å². The van der Waals surface area contributed by atoms with Crippen molar-refractivity contribution in [1.82, 2.24) is 0 Å². The van der Waals surface area contributed by atoms with Crippen LogP contribution in [0.1, 0.15) is 22.3 Å². The molecule has 6 heteroatoms. The van der Waals surface area contributed by atoms with Crippen molar-refractivity contribution in [1.29, 1.82) is 0 Å². The highest BCUT2D eigenvalue weighted by atomic mass is 16.5. The van der Waals surface area contributed by atoms with Crippen molar-refractivity contribution >= 4 is 11.5 Å². The van der Waals surface area contributed by atoms with Gasteiger partial charge in [-0.25, -0.2) is 4.79 Å². The van der Waals surface area contributed by atoms with Gasteiger partial charge in [-0.05, 0) is 54.8 Å². The van der Waals surface area contributed by atoms with E-state index in [4.69, 9.17) is 23.7 Å². The molecule has 3 aromatic carbocycles. The van der Waals surface area contributed by atoms with Crippen molar-refractivity contribution in [3.8, 4) is 17.2 Å². The lowest BCUT2D eigenvalue weighted by Gasteiger charge is -2.17. The molecule has 0 saturated carbocycles. The summed E-state index contributed by atoms with van der Waals surface area (Å²) >= 11 is 0. The lowest BCUT2D eigenvalue weighted by molar-refractivity contribution is -0.133. The van der Waals surface area contributed by atoms with Gasteiger partial charge in [-0.3, -0.25) is 0 Å². The molecule has 3 rings (SSSR count). The fourth-order valence-corrected chi connectivity index (χ4v) is 3.43. The third-order valence-electron chi connectivity index (χ3n) is 5.14. The number of methoxy groups -OCH3 is 2. The molecule has 0 aliphatic carbocycles. The molecule has 0 bridgehead atoms. The van der Waals surface area contributed by atoms with Crippen molar-refractivity contribution in [2.45, 2.75) is 20.5 Å². The summed E-state index contributed by atoms with van der Waals surface area (Å²) in [7, 11) is 2.83. The van der Waals surface area contributed by atoms with E-state index in [-0.39, 0.29) is 6.61 Å². The highest BCUT2D eigenvalue weighted by molar-refractivity contribution is 6.16. The minimum atomic E-state index is -0.477. The second-order valence-electron chi connectivity index (χ2n) is 7.60. The predicted molar refractivity (Wildman–Crippen MR) is 131 cm³/mol. The smallest absolute Gasteiger partial charge is 0.341 e. The molecular formula is C28H30O6. The summed E-state index contributed by atoms with van der Waals surface area (Å²) in [6, 6.07) is 21.1. The maximum Gasteiger partial charge on any atom is 0.341 e. The van der Waals surface area contributed by atoms with Gasteiger partial charge in [-0.15, -0.1) is 0 Å². The normalized spacial score (nSPS) is 11.0. The van der Waals surface area contributed by atoms with E-state index >= 15 is 0 Å². The highest BCUT2D eigenvalue weighted by Gasteiger charge is 2.17. The number of rotatable bonds is 11. The topological polar surface area (TPSA) is 63.2 Å². The number of benzene rings is 3. The minimum Gasteiger partial charge on any atom is -0.503 e. The Labute approximate surface area is 200 Å². The molecule has 0 heterocycles. The van der Waals surface area contributed by atoms with Crippen LogP contribution in [-0.2, 0) is 20.9 Å². The van der Waals surface area contributed by atoms with Crippen LogP contribution < -0.4 is 14.2 Å². The number of hydrogen-bond donors (Lipinski definition) is 0. The van der Waals surface area contributed by atoms with Crippen LogP contribution in [-0.4, -0.2) is 33.4 Å². The first-order chi connectivity index (χ1) is 16.5. The molecule has 3 aromatic rings. The van der Waals surface area contributed by atoms with Gasteiger partial charge in [0.15, 0.2) is 0 Å². The number of carbonyl (C=O) groups is 1. The van der Waals surface area contributed by atoms with E-state index in [0.29, 0.717) is 30.1 Å². The summed E-state index contributed by atoms with van der Waals surface area (Å²) < 4.78 is 27.9. The SMILES string of the molecule is CO/C=C(\C(=O)OC)c1ccccc1COc1cc(C)cc(OCCOc2ccccc2)c1C. The Kier molecular flexibility index (Phi) is 8.97. The van der Waals surface area contributed by atoms with Gasteiger partial charge in [0.05, 0.1) is 20.5 Å². The average molecular weight is 463 g/mol. The molecular weight excluding hydrogens is 432 g/mol. The van der Waals surface area contributed by atoms with E-state index < -0.39 is 5.97 Å². The highest BCUT2D eigenvalue weighted by Crippen LogP contribution is 2.31. The van der Waals surface area contributed by atoms with E-state index in [9.17, 15) is 4.79 Å². The van der Waals surface area contributed by atoms with Crippen molar-refractivity contribution < 1.29 is 28.5 Å². The molecule has 0 N–H and O–H groups in total. The summed E-state index contributed by atoms with van der Waals surface area (Å²) in [6.07, 6.45) is 1.38. The second kappa shape index (κ2) is 12.3. The number of hydrogen-bond acceptors (Lipinski definition) is 6. The molecule has 6 nitrogen and oxygen atoms in total. The van der Waals surface area contributed by atoms with Crippen molar-refractivity contribution in [3.05, 3.63) is 95.2 Å². The first-order valence-corrected chi connectivity index (χ1v) is 11.0. The Bertz CT molecular complexity index is 1120. The molecule has 0 aromatic heterocycles. The molecule has 0 amide bonds. The Balaban J connectivity index is 1.70. The van der Waals surface area contributed by atoms with E-state index in [0.717, 1.165) is 28.2 Å². The van der Waals surface area contributed by atoms with Crippen LogP contribution in [0.2, 0.25) is 0 Å². The van der Waals surface area contributed by atoms with Crippen molar-refractivity contribution in [3.63, 3.8) is 0 Å². The maximum atomic E-state index is 12.2. The molecule has 0 aliphatic rings.